The number of hydrogen-bond donors (Lipinski definition) is 1. The van der Waals surface area contributed by atoms with Gasteiger partial charge in [0.15, 0.2) is 0 Å². The summed E-state index contributed by atoms with van der Waals surface area (Å²) in [5, 5.41) is 4.18. The molecule has 1 amide bonds. The molecule has 1 aliphatic heterocycles. The molecule has 0 radical (unpaired) electrons. The van der Waals surface area contributed by atoms with Crippen molar-refractivity contribution in [3.63, 3.8) is 0 Å². The van der Waals surface area contributed by atoms with Gasteiger partial charge in [-0.25, -0.2) is 4.98 Å². The van der Waals surface area contributed by atoms with Gasteiger partial charge in [-0.1, -0.05) is 25.1 Å². The number of amides is 1. The van der Waals surface area contributed by atoms with Crippen molar-refractivity contribution in [1.82, 2.24) is 9.97 Å². The number of anilines is 2. The Kier molecular flexibility index (Phi) is 5.50. The quantitative estimate of drug-likeness (QED) is 0.669. The number of fused-ring (bicyclic) bond motifs is 1. The van der Waals surface area contributed by atoms with Crippen molar-refractivity contribution in [2.45, 2.75) is 53.9 Å². The van der Waals surface area contributed by atoms with Gasteiger partial charge in [-0.2, -0.15) is 4.98 Å². The Hall–Kier alpha value is -2.89. The summed E-state index contributed by atoms with van der Waals surface area (Å²) in [4.78, 5) is 24.6. The Balaban J connectivity index is 1.60. The minimum Gasteiger partial charge on any atom is -0.443 e. The molecule has 30 heavy (non-hydrogen) atoms. The molecule has 0 aliphatic carbocycles. The Morgan fingerprint density at radius 3 is 2.80 bits per heavy atom. The van der Waals surface area contributed by atoms with E-state index in [0.29, 0.717) is 18.1 Å². The molecule has 1 aliphatic rings. The van der Waals surface area contributed by atoms with Crippen LogP contribution in [-0.2, 0) is 11.2 Å². The van der Waals surface area contributed by atoms with Crippen molar-refractivity contribution in [2.24, 2.45) is 5.92 Å². The number of furan rings is 1. The first-order valence-electron chi connectivity index (χ1n) is 10.8. The lowest BCUT2D eigenvalue weighted by atomic mass is 9.96. The van der Waals surface area contributed by atoms with E-state index in [4.69, 9.17) is 9.40 Å². The van der Waals surface area contributed by atoms with Gasteiger partial charge >= 0.3 is 0 Å². The number of para-hydroxylation sites is 1. The maximum Gasteiger partial charge on any atom is 0.231 e. The lowest BCUT2D eigenvalue weighted by Crippen LogP contribution is -2.41. The molecule has 6 heteroatoms. The molecule has 0 spiro atoms. The summed E-state index contributed by atoms with van der Waals surface area (Å²) >= 11 is 0. The minimum absolute atomic E-state index is 0.0818. The molecular formula is C24H30N4O2. The van der Waals surface area contributed by atoms with Crippen molar-refractivity contribution in [3.05, 3.63) is 46.5 Å². The summed E-state index contributed by atoms with van der Waals surface area (Å²) in [5.41, 5.74) is 4.94. The Labute approximate surface area is 177 Å². The average Bonchev–Trinajstić information content (AvgIpc) is 3.02. The molecule has 6 nitrogen and oxygen atoms in total. The number of nitrogens with zero attached hydrogens (tertiary/aromatic N) is 3. The number of aryl methyl sites for hydroxylation is 5. The maximum atomic E-state index is 13.2. The smallest absolute Gasteiger partial charge is 0.231 e. The zero-order chi connectivity index (χ0) is 21.4. The van der Waals surface area contributed by atoms with Crippen LogP contribution in [0.3, 0.4) is 0 Å². The van der Waals surface area contributed by atoms with Gasteiger partial charge in [-0.05, 0) is 58.1 Å². The van der Waals surface area contributed by atoms with E-state index in [1.807, 2.05) is 39.8 Å². The van der Waals surface area contributed by atoms with Gasteiger partial charge in [0.1, 0.15) is 17.4 Å². The van der Waals surface area contributed by atoms with E-state index in [0.717, 1.165) is 59.6 Å². The van der Waals surface area contributed by atoms with Crippen LogP contribution in [0.15, 0.2) is 22.6 Å². The first-order chi connectivity index (χ1) is 14.4. The van der Waals surface area contributed by atoms with Gasteiger partial charge in [-0.3, -0.25) is 4.79 Å². The zero-order valence-corrected chi connectivity index (χ0v) is 18.5. The summed E-state index contributed by atoms with van der Waals surface area (Å²) in [6, 6.07) is 6.18. The second-order valence-corrected chi connectivity index (χ2v) is 8.29. The van der Waals surface area contributed by atoms with E-state index in [-0.39, 0.29) is 11.8 Å². The third-order valence-corrected chi connectivity index (χ3v) is 6.20. The second-order valence-electron chi connectivity index (χ2n) is 8.29. The summed E-state index contributed by atoms with van der Waals surface area (Å²) in [5.74, 6) is 2.44. The highest BCUT2D eigenvalue weighted by molar-refractivity contribution is 5.95. The number of carbonyl (C=O) groups is 1. The van der Waals surface area contributed by atoms with Crippen molar-refractivity contribution in [3.8, 4) is 0 Å². The standard InChI is InChI=1S/C24H30N4O2/c1-6-18-10-7-9-14(2)21(18)27-23(29)19-11-8-12-28(13-19)22-20-15(3)16(4)30-24(20)26-17(5)25-22/h7,9-10,19H,6,8,11-13H2,1-5H3,(H,27,29)/t19-/m1/s1. The molecule has 1 atom stereocenters. The van der Waals surface area contributed by atoms with Gasteiger partial charge in [0, 0.05) is 24.3 Å². The molecule has 1 fully saturated rings. The highest BCUT2D eigenvalue weighted by Crippen LogP contribution is 2.33. The molecule has 1 aromatic carbocycles. The number of rotatable bonds is 4. The van der Waals surface area contributed by atoms with Crippen LogP contribution in [-0.4, -0.2) is 29.0 Å². The molecular weight excluding hydrogens is 376 g/mol. The molecule has 3 heterocycles. The number of benzene rings is 1. The van der Waals surface area contributed by atoms with Crippen LogP contribution in [0.2, 0.25) is 0 Å². The Bertz CT molecular complexity index is 1100. The first-order valence-corrected chi connectivity index (χ1v) is 10.8. The molecule has 1 N–H and O–H groups in total. The summed E-state index contributed by atoms with van der Waals surface area (Å²) in [7, 11) is 0. The maximum absolute atomic E-state index is 13.2. The Morgan fingerprint density at radius 1 is 1.23 bits per heavy atom. The lowest BCUT2D eigenvalue weighted by molar-refractivity contribution is -0.120. The van der Waals surface area contributed by atoms with Crippen LogP contribution in [0.1, 0.15) is 48.0 Å². The third kappa shape index (κ3) is 3.66. The van der Waals surface area contributed by atoms with E-state index >= 15 is 0 Å². The van der Waals surface area contributed by atoms with Crippen LogP contribution in [0.25, 0.3) is 11.1 Å². The van der Waals surface area contributed by atoms with Crippen LogP contribution in [0, 0.1) is 33.6 Å². The largest absolute Gasteiger partial charge is 0.443 e. The SMILES string of the molecule is CCc1cccc(C)c1NC(=O)[C@@H]1CCCN(c2nc(C)nc3oc(C)c(C)c23)C1. The van der Waals surface area contributed by atoms with E-state index < -0.39 is 0 Å². The van der Waals surface area contributed by atoms with Crippen LogP contribution in [0.4, 0.5) is 11.5 Å². The van der Waals surface area contributed by atoms with Crippen LogP contribution >= 0.6 is 0 Å². The monoisotopic (exact) mass is 406 g/mol. The fraction of sp³-hybridized carbons (Fsp3) is 0.458. The van der Waals surface area contributed by atoms with Gasteiger partial charge in [0.05, 0.1) is 11.3 Å². The molecule has 0 unspecified atom stereocenters. The Morgan fingerprint density at radius 2 is 2.03 bits per heavy atom. The fourth-order valence-corrected chi connectivity index (χ4v) is 4.37. The number of carbonyl (C=O) groups excluding carboxylic acids is 1. The summed E-state index contributed by atoms with van der Waals surface area (Å²) < 4.78 is 5.85. The number of aromatic nitrogens is 2. The predicted molar refractivity (Wildman–Crippen MR) is 120 cm³/mol. The lowest BCUT2D eigenvalue weighted by Gasteiger charge is -2.33. The zero-order valence-electron chi connectivity index (χ0n) is 18.5. The van der Waals surface area contributed by atoms with Crippen molar-refractivity contribution < 1.29 is 9.21 Å². The molecule has 158 valence electrons. The first kappa shape index (κ1) is 20.4. The number of hydrogen-bond acceptors (Lipinski definition) is 5. The van der Waals surface area contributed by atoms with Gasteiger partial charge in [-0.15, -0.1) is 0 Å². The molecule has 2 aromatic heterocycles. The highest BCUT2D eigenvalue weighted by Gasteiger charge is 2.29. The van der Waals surface area contributed by atoms with Gasteiger partial charge in [0.2, 0.25) is 11.6 Å². The van der Waals surface area contributed by atoms with Gasteiger partial charge < -0.3 is 14.6 Å². The number of piperidine rings is 1. The minimum atomic E-state index is -0.0818. The second kappa shape index (κ2) is 8.09. The molecule has 0 bridgehead atoms. The third-order valence-electron chi connectivity index (χ3n) is 6.20. The summed E-state index contributed by atoms with van der Waals surface area (Å²) in [6.45, 7) is 11.6. The highest BCUT2D eigenvalue weighted by atomic mass is 16.3. The predicted octanol–water partition coefficient (Wildman–Crippen LogP) is 4.87. The normalized spacial score (nSPS) is 16.8. The van der Waals surface area contributed by atoms with E-state index in [2.05, 4.69) is 28.2 Å². The van der Waals surface area contributed by atoms with E-state index in [1.165, 1.54) is 5.56 Å². The fourth-order valence-electron chi connectivity index (χ4n) is 4.37. The van der Waals surface area contributed by atoms with Crippen molar-refractivity contribution in [1.29, 1.82) is 0 Å². The van der Waals surface area contributed by atoms with Crippen LogP contribution in [0.5, 0.6) is 0 Å². The van der Waals surface area contributed by atoms with E-state index in [9.17, 15) is 4.79 Å². The van der Waals surface area contributed by atoms with Crippen molar-refractivity contribution in [2.75, 3.05) is 23.3 Å². The topological polar surface area (TPSA) is 71.3 Å². The summed E-state index contributed by atoms with van der Waals surface area (Å²) in [6.07, 6.45) is 2.73. The van der Waals surface area contributed by atoms with Crippen LogP contribution < -0.4 is 10.2 Å². The van der Waals surface area contributed by atoms with E-state index in [1.54, 1.807) is 0 Å². The molecule has 0 saturated carbocycles. The molecule has 3 aromatic rings. The molecule has 1 saturated heterocycles. The number of nitrogens with one attached hydrogen (secondary N) is 1. The van der Waals surface area contributed by atoms with Gasteiger partial charge in [0.25, 0.3) is 0 Å². The average molecular weight is 407 g/mol. The van der Waals surface area contributed by atoms with Crippen molar-refractivity contribution >= 4 is 28.5 Å². The molecule has 4 rings (SSSR count).